The lowest BCUT2D eigenvalue weighted by Crippen LogP contribution is -2.43. The van der Waals surface area contributed by atoms with Crippen LogP contribution in [0.1, 0.15) is 32.1 Å². The third kappa shape index (κ3) is 4.35. The third-order valence-electron chi connectivity index (χ3n) is 3.44. The molecule has 0 bridgehead atoms. The van der Waals surface area contributed by atoms with E-state index in [4.69, 9.17) is 9.15 Å². The van der Waals surface area contributed by atoms with E-state index in [1.54, 1.807) is 6.26 Å². The van der Waals surface area contributed by atoms with Gasteiger partial charge in [0, 0.05) is 26.1 Å². The van der Waals surface area contributed by atoms with Gasteiger partial charge >= 0.3 is 0 Å². The van der Waals surface area contributed by atoms with Crippen LogP contribution in [0.3, 0.4) is 0 Å². The van der Waals surface area contributed by atoms with Crippen LogP contribution >= 0.6 is 0 Å². The van der Waals surface area contributed by atoms with E-state index in [0.717, 1.165) is 32.1 Å². The highest BCUT2D eigenvalue weighted by atomic mass is 16.5. The summed E-state index contributed by atoms with van der Waals surface area (Å²) < 4.78 is 10.9. The predicted molar refractivity (Wildman–Crippen MR) is 76.3 cm³/mol. The fourth-order valence-electron chi connectivity index (χ4n) is 2.43. The van der Waals surface area contributed by atoms with Crippen LogP contribution in [0.4, 0.5) is 0 Å². The zero-order chi connectivity index (χ0) is 14.4. The first-order chi connectivity index (χ1) is 9.66. The van der Waals surface area contributed by atoms with Gasteiger partial charge in [-0.3, -0.25) is 9.69 Å². The molecule has 112 valence electrons. The van der Waals surface area contributed by atoms with Crippen molar-refractivity contribution in [1.82, 2.24) is 10.2 Å². The van der Waals surface area contributed by atoms with Gasteiger partial charge in [0.1, 0.15) is 5.76 Å². The number of nitrogens with zero attached hydrogens (tertiary/aromatic N) is 1. The molecular weight excluding hydrogens is 256 g/mol. The van der Waals surface area contributed by atoms with Gasteiger partial charge in [0.15, 0.2) is 0 Å². The number of morpholine rings is 1. The zero-order valence-electron chi connectivity index (χ0n) is 12.3. The summed E-state index contributed by atoms with van der Waals surface area (Å²) in [5.74, 6) is 1.38. The minimum atomic E-state index is 0.0880. The van der Waals surface area contributed by atoms with Gasteiger partial charge in [0.05, 0.1) is 25.5 Å². The third-order valence-corrected chi connectivity index (χ3v) is 3.44. The number of hydrogen-bond acceptors (Lipinski definition) is 4. The standard InChI is InChI=1S/C15H24N2O3/c1-12(2)10-15(18)16-11-13(14-4-3-7-20-14)17-5-8-19-9-6-17/h3-4,7,12-13H,5-6,8-11H2,1-2H3,(H,16,18)/t13-/m0/s1. The Morgan fingerprint density at radius 1 is 1.40 bits per heavy atom. The first-order valence-electron chi connectivity index (χ1n) is 7.28. The summed E-state index contributed by atoms with van der Waals surface area (Å²) in [4.78, 5) is 14.1. The van der Waals surface area contributed by atoms with E-state index in [2.05, 4.69) is 10.2 Å². The number of amides is 1. The fourth-order valence-corrected chi connectivity index (χ4v) is 2.43. The molecule has 2 heterocycles. The molecule has 2 rings (SSSR count). The fraction of sp³-hybridized carbons (Fsp3) is 0.667. The number of nitrogens with one attached hydrogen (secondary N) is 1. The summed E-state index contributed by atoms with van der Waals surface area (Å²) in [7, 11) is 0. The van der Waals surface area contributed by atoms with Crippen molar-refractivity contribution in [3.05, 3.63) is 24.2 Å². The number of furan rings is 1. The van der Waals surface area contributed by atoms with E-state index in [0.29, 0.717) is 18.9 Å². The molecule has 1 aromatic rings. The van der Waals surface area contributed by atoms with E-state index >= 15 is 0 Å². The van der Waals surface area contributed by atoms with Gasteiger partial charge in [-0.2, -0.15) is 0 Å². The Morgan fingerprint density at radius 2 is 2.15 bits per heavy atom. The smallest absolute Gasteiger partial charge is 0.220 e. The lowest BCUT2D eigenvalue weighted by molar-refractivity contribution is -0.122. The molecule has 1 fully saturated rings. The monoisotopic (exact) mass is 280 g/mol. The average Bonchev–Trinajstić information content (AvgIpc) is 2.93. The van der Waals surface area contributed by atoms with Crippen LogP contribution < -0.4 is 5.32 Å². The van der Waals surface area contributed by atoms with Gasteiger partial charge in [-0.15, -0.1) is 0 Å². The molecule has 20 heavy (non-hydrogen) atoms. The van der Waals surface area contributed by atoms with Gasteiger partial charge in [-0.25, -0.2) is 0 Å². The van der Waals surface area contributed by atoms with Crippen LogP contribution in [-0.2, 0) is 9.53 Å². The Kier molecular flexibility index (Phi) is 5.61. The number of carbonyl (C=O) groups is 1. The number of carbonyl (C=O) groups excluding carboxylic acids is 1. The molecule has 0 saturated carbocycles. The van der Waals surface area contributed by atoms with Crippen LogP contribution in [0, 0.1) is 5.92 Å². The predicted octanol–water partition coefficient (Wildman–Crippen LogP) is 1.82. The Morgan fingerprint density at radius 3 is 2.75 bits per heavy atom. The first-order valence-corrected chi connectivity index (χ1v) is 7.28. The van der Waals surface area contributed by atoms with Crippen molar-refractivity contribution in [2.75, 3.05) is 32.8 Å². The SMILES string of the molecule is CC(C)CC(=O)NC[C@@H](c1ccco1)N1CCOCC1. The van der Waals surface area contributed by atoms with Crippen molar-refractivity contribution in [2.45, 2.75) is 26.3 Å². The quantitative estimate of drug-likeness (QED) is 0.863. The average molecular weight is 280 g/mol. The molecule has 1 saturated heterocycles. The molecule has 0 unspecified atom stereocenters. The minimum Gasteiger partial charge on any atom is -0.468 e. The second-order valence-electron chi connectivity index (χ2n) is 5.58. The van der Waals surface area contributed by atoms with Crippen LogP contribution in [-0.4, -0.2) is 43.7 Å². The summed E-state index contributed by atoms with van der Waals surface area (Å²) in [5, 5.41) is 3.02. The van der Waals surface area contributed by atoms with E-state index < -0.39 is 0 Å². The topological polar surface area (TPSA) is 54.7 Å². The van der Waals surface area contributed by atoms with Crippen LogP contribution in [0.15, 0.2) is 22.8 Å². The second kappa shape index (κ2) is 7.45. The molecule has 0 spiro atoms. The molecule has 0 aliphatic carbocycles. The van der Waals surface area contributed by atoms with Crippen LogP contribution in [0.5, 0.6) is 0 Å². The van der Waals surface area contributed by atoms with E-state index in [9.17, 15) is 4.79 Å². The number of hydrogen-bond donors (Lipinski definition) is 1. The van der Waals surface area contributed by atoms with E-state index in [-0.39, 0.29) is 11.9 Å². The molecule has 1 atom stereocenters. The van der Waals surface area contributed by atoms with Gasteiger partial charge in [0.25, 0.3) is 0 Å². The number of rotatable bonds is 6. The van der Waals surface area contributed by atoms with E-state index in [1.165, 1.54) is 0 Å². The Hall–Kier alpha value is -1.33. The van der Waals surface area contributed by atoms with Crippen LogP contribution in [0.25, 0.3) is 0 Å². The van der Waals surface area contributed by atoms with Crippen molar-refractivity contribution in [3.63, 3.8) is 0 Å². The molecule has 1 aliphatic heterocycles. The van der Waals surface area contributed by atoms with Crippen molar-refractivity contribution < 1.29 is 13.9 Å². The molecule has 0 aromatic carbocycles. The van der Waals surface area contributed by atoms with Crippen molar-refractivity contribution in [1.29, 1.82) is 0 Å². The molecule has 1 N–H and O–H groups in total. The highest BCUT2D eigenvalue weighted by Gasteiger charge is 2.25. The maximum absolute atomic E-state index is 11.8. The highest BCUT2D eigenvalue weighted by Crippen LogP contribution is 2.21. The molecule has 5 heteroatoms. The molecule has 1 aromatic heterocycles. The van der Waals surface area contributed by atoms with Crippen molar-refractivity contribution in [3.8, 4) is 0 Å². The van der Waals surface area contributed by atoms with Crippen molar-refractivity contribution >= 4 is 5.91 Å². The maximum Gasteiger partial charge on any atom is 0.220 e. The van der Waals surface area contributed by atoms with Crippen molar-refractivity contribution in [2.24, 2.45) is 5.92 Å². The number of ether oxygens (including phenoxy) is 1. The zero-order valence-corrected chi connectivity index (χ0v) is 12.3. The molecule has 1 aliphatic rings. The highest BCUT2D eigenvalue weighted by molar-refractivity contribution is 5.76. The Balaban J connectivity index is 1.94. The lowest BCUT2D eigenvalue weighted by Gasteiger charge is -2.33. The van der Waals surface area contributed by atoms with Crippen LogP contribution in [0.2, 0.25) is 0 Å². The van der Waals surface area contributed by atoms with Gasteiger partial charge < -0.3 is 14.5 Å². The Bertz CT molecular complexity index is 397. The van der Waals surface area contributed by atoms with E-state index in [1.807, 2.05) is 26.0 Å². The summed E-state index contributed by atoms with van der Waals surface area (Å²) in [5.41, 5.74) is 0. The lowest BCUT2D eigenvalue weighted by atomic mass is 10.1. The Labute approximate surface area is 120 Å². The summed E-state index contributed by atoms with van der Waals surface area (Å²) in [6.07, 6.45) is 2.24. The largest absolute Gasteiger partial charge is 0.468 e. The molecule has 1 amide bonds. The first kappa shape index (κ1) is 15.1. The molecular formula is C15H24N2O3. The van der Waals surface area contributed by atoms with Gasteiger partial charge in [-0.05, 0) is 18.1 Å². The van der Waals surface area contributed by atoms with Gasteiger partial charge in [0.2, 0.25) is 5.91 Å². The molecule has 0 radical (unpaired) electrons. The second-order valence-corrected chi connectivity index (χ2v) is 5.58. The molecule has 5 nitrogen and oxygen atoms in total. The maximum atomic E-state index is 11.8. The van der Waals surface area contributed by atoms with Gasteiger partial charge in [-0.1, -0.05) is 13.8 Å². The summed E-state index contributed by atoms with van der Waals surface area (Å²) in [6.45, 7) is 7.88. The summed E-state index contributed by atoms with van der Waals surface area (Å²) >= 11 is 0. The summed E-state index contributed by atoms with van der Waals surface area (Å²) in [6, 6.07) is 3.94. The minimum absolute atomic E-state index is 0.0880. The normalized spacial score (nSPS) is 18.1.